The van der Waals surface area contributed by atoms with Crippen molar-refractivity contribution in [2.75, 3.05) is 0 Å². The number of Topliss-reactive ketones (excluding diaryl/α,β-unsaturated/α-hetero) is 1. The van der Waals surface area contributed by atoms with Crippen LogP contribution in [0.3, 0.4) is 0 Å². The highest BCUT2D eigenvalue weighted by atomic mass is 16.3. The molecule has 1 unspecified atom stereocenters. The van der Waals surface area contributed by atoms with E-state index in [0.717, 1.165) is 24.0 Å². The Bertz CT molecular complexity index is 604. The zero-order valence-corrected chi connectivity index (χ0v) is 10.7. The minimum absolute atomic E-state index is 0.194. The maximum absolute atomic E-state index is 12.6. The topological polar surface area (TPSA) is 37.3 Å². The molecule has 2 aromatic rings. The molecule has 0 spiro atoms. The lowest BCUT2D eigenvalue weighted by Gasteiger charge is -2.33. The first-order valence-corrected chi connectivity index (χ1v) is 6.62. The number of benzene rings is 2. The fourth-order valence-corrected chi connectivity index (χ4v) is 2.88. The molecule has 2 nitrogen and oxygen atoms in total. The third kappa shape index (κ3) is 1.98. The number of fused-ring (bicyclic) bond motifs is 1. The van der Waals surface area contributed by atoms with E-state index in [1.807, 2.05) is 42.5 Å². The minimum atomic E-state index is -1.36. The number of rotatable bonds is 2. The van der Waals surface area contributed by atoms with Crippen LogP contribution in [0.2, 0.25) is 0 Å². The van der Waals surface area contributed by atoms with Gasteiger partial charge in [-0.1, -0.05) is 54.6 Å². The Hall–Kier alpha value is -1.93. The predicted molar refractivity (Wildman–Crippen MR) is 74.0 cm³/mol. The van der Waals surface area contributed by atoms with Gasteiger partial charge in [-0.3, -0.25) is 4.79 Å². The molecule has 1 N–H and O–H groups in total. The van der Waals surface area contributed by atoms with Gasteiger partial charge in [0.2, 0.25) is 0 Å². The first-order valence-electron chi connectivity index (χ1n) is 6.62. The Morgan fingerprint density at radius 3 is 2.47 bits per heavy atom. The van der Waals surface area contributed by atoms with Gasteiger partial charge in [0.1, 0.15) is 0 Å². The SMILES string of the molecule is O=C(c1ccccc1)C1(O)CCCc2ccccc21. The zero-order valence-electron chi connectivity index (χ0n) is 10.7. The summed E-state index contributed by atoms with van der Waals surface area (Å²) in [6.07, 6.45) is 2.27. The Morgan fingerprint density at radius 1 is 1.00 bits per heavy atom. The number of aryl methyl sites for hydroxylation is 1. The average molecular weight is 252 g/mol. The lowest BCUT2D eigenvalue weighted by molar-refractivity contribution is 0.0204. The summed E-state index contributed by atoms with van der Waals surface area (Å²) in [6.45, 7) is 0. The average Bonchev–Trinajstić information content (AvgIpc) is 2.48. The molecule has 0 heterocycles. The van der Waals surface area contributed by atoms with Gasteiger partial charge >= 0.3 is 0 Å². The number of carbonyl (C=O) groups is 1. The molecule has 2 heteroatoms. The van der Waals surface area contributed by atoms with Gasteiger partial charge < -0.3 is 5.11 Å². The molecule has 1 atom stereocenters. The van der Waals surface area contributed by atoms with Crippen molar-refractivity contribution in [1.29, 1.82) is 0 Å². The summed E-state index contributed by atoms with van der Waals surface area (Å²) in [5.74, 6) is -0.194. The number of hydrogen-bond donors (Lipinski definition) is 1. The molecule has 1 aliphatic carbocycles. The van der Waals surface area contributed by atoms with E-state index < -0.39 is 5.60 Å². The van der Waals surface area contributed by atoms with Gasteiger partial charge in [-0.15, -0.1) is 0 Å². The van der Waals surface area contributed by atoms with E-state index in [0.29, 0.717) is 12.0 Å². The molecule has 0 radical (unpaired) electrons. The molecule has 96 valence electrons. The Labute approximate surface area is 112 Å². The third-order valence-corrected chi connectivity index (χ3v) is 3.86. The molecule has 0 bridgehead atoms. The molecule has 0 fully saturated rings. The van der Waals surface area contributed by atoms with Gasteiger partial charge in [0.05, 0.1) is 0 Å². The second-order valence-corrected chi connectivity index (χ2v) is 5.07. The number of carbonyl (C=O) groups excluding carboxylic acids is 1. The molecule has 0 saturated carbocycles. The molecule has 0 aromatic heterocycles. The van der Waals surface area contributed by atoms with E-state index in [1.54, 1.807) is 12.1 Å². The first kappa shape index (κ1) is 12.1. The Morgan fingerprint density at radius 2 is 1.68 bits per heavy atom. The van der Waals surface area contributed by atoms with Crippen LogP contribution in [-0.4, -0.2) is 10.9 Å². The van der Waals surface area contributed by atoms with Gasteiger partial charge in [-0.05, 0) is 30.4 Å². The lowest BCUT2D eigenvalue weighted by atomic mass is 9.75. The van der Waals surface area contributed by atoms with Crippen LogP contribution in [0.5, 0.6) is 0 Å². The first-order chi connectivity index (χ1) is 9.22. The largest absolute Gasteiger partial charge is 0.377 e. The van der Waals surface area contributed by atoms with Crippen molar-refractivity contribution in [3.63, 3.8) is 0 Å². The Balaban J connectivity index is 2.07. The fourth-order valence-electron chi connectivity index (χ4n) is 2.88. The number of ketones is 1. The summed E-state index contributed by atoms with van der Waals surface area (Å²) in [4.78, 5) is 12.6. The number of aliphatic hydroxyl groups is 1. The van der Waals surface area contributed by atoms with Crippen molar-refractivity contribution in [1.82, 2.24) is 0 Å². The van der Waals surface area contributed by atoms with E-state index in [-0.39, 0.29) is 5.78 Å². The summed E-state index contributed by atoms with van der Waals surface area (Å²) >= 11 is 0. The summed E-state index contributed by atoms with van der Waals surface area (Å²) in [5.41, 5.74) is 1.06. The zero-order chi connectivity index (χ0) is 13.3. The second kappa shape index (κ2) is 4.63. The molecule has 19 heavy (non-hydrogen) atoms. The van der Waals surface area contributed by atoms with Crippen molar-refractivity contribution < 1.29 is 9.90 Å². The van der Waals surface area contributed by atoms with Gasteiger partial charge in [0.15, 0.2) is 11.4 Å². The third-order valence-electron chi connectivity index (χ3n) is 3.86. The van der Waals surface area contributed by atoms with Gasteiger partial charge in [-0.25, -0.2) is 0 Å². The summed E-state index contributed by atoms with van der Waals surface area (Å²) in [7, 11) is 0. The summed E-state index contributed by atoms with van der Waals surface area (Å²) in [5, 5.41) is 10.9. The van der Waals surface area contributed by atoms with Crippen molar-refractivity contribution >= 4 is 5.78 Å². The van der Waals surface area contributed by atoms with Gasteiger partial charge in [0.25, 0.3) is 0 Å². The highest BCUT2D eigenvalue weighted by Gasteiger charge is 2.41. The summed E-state index contributed by atoms with van der Waals surface area (Å²) < 4.78 is 0. The van der Waals surface area contributed by atoms with E-state index >= 15 is 0 Å². The lowest BCUT2D eigenvalue weighted by Crippen LogP contribution is -2.39. The maximum atomic E-state index is 12.6. The van der Waals surface area contributed by atoms with Crippen LogP contribution in [0.15, 0.2) is 54.6 Å². The van der Waals surface area contributed by atoms with Gasteiger partial charge in [-0.2, -0.15) is 0 Å². The fraction of sp³-hybridized carbons (Fsp3) is 0.235. The van der Waals surface area contributed by atoms with E-state index in [4.69, 9.17) is 0 Å². The minimum Gasteiger partial charge on any atom is -0.377 e. The Kier molecular flexibility index (Phi) is 2.96. The molecular weight excluding hydrogens is 236 g/mol. The monoisotopic (exact) mass is 252 g/mol. The van der Waals surface area contributed by atoms with Crippen molar-refractivity contribution in [2.24, 2.45) is 0 Å². The molecule has 3 rings (SSSR count). The maximum Gasteiger partial charge on any atom is 0.198 e. The molecule has 1 aliphatic rings. The van der Waals surface area contributed by atoms with Crippen LogP contribution in [-0.2, 0) is 12.0 Å². The van der Waals surface area contributed by atoms with E-state index in [2.05, 4.69) is 0 Å². The van der Waals surface area contributed by atoms with Crippen molar-refractivity contribution in [3.8, 4) is 0 Å². The van der Waals surface area contributed by atoms with Crippen LogP contribution < -0.4 is 0 Å². The second-order valence-electron chi connectivity index (χ2n) is 5.07. The van der Waals surface area contributed by atoms with Crippen molar-refractivity contribution in [3.05, 3.63) is 71.3 Å². The summed E-state index contributed by atoms with van der Waals surface area (Å²) in [6, 6.07) is 16.7. The highest BCUT2D eigenvalue weighted by Crippen LogP contribution is 2.37. The predicted octanol–water partition coefficient (Wildman–Crippen LogP) is 3.09. The number of hydrogen-bond acceptors (Lipinski definition) is 2. The van der Waals surface area contributed by atoms with Crippen LogP contribution in [0.1, 0.15) is 34.3 Å². The van der Waals surface area contributed by atoms with E-state index in [1.165, 1.54) is 0 Å². The highest BCUT2D eigenvalue weighted by molar-refractivity contribution is 6.03. The molecule has 0 amide bonds. The standard InChI is InChI=1S/C17H16O2/c18-16(14-8-2-1-3-9-14)17(19)12-6-10-13-7-4-5-11-15(13)17/h1-5,7-9,11,19H,6,10,12H2. The van der Waals surface area contributed by atoms with Crippen LogP contribution >= 0.6 is 0 Å². The molecular formula is C17H16O2. The van der Waals surface area contributed by atoms with Crippen LogP contribution in [0.25, 0.3) is 0 Å². The van der Waals surface area contributed by atoms with Crippen LogP contribution in [0, 0.1) is 0 Å². The van der Waals surface area contributed by atoms with Crippen LogP contribution in [0.4, 0.5) is 0 Å². The quantitative estimate of drug-likeness (QED) is 0.834. The van der Waals surface area contributed by atoms with Gasteiger partial charge in [0, 0.05) is 5.56 Å². The molecule has 0 saturated heterocycles. The molecule has 2 aromatic carbocycles. The normalized spacial score (nSPS) is 21.7. The molecule has 0 aliphatic heterocycles. The van der Waals surface area contributed by atoms with Crippen molar-refractivity contribution in [2.45, 2.75) is 24.9 Å². The van der Waals surface area contributed by atoms with E-state index in [9.17, 15) is 9.90 Å². The smallest absolute Gasteiger partial charge is 0.198 e.